The van der Waals surface area contributed by atoms with Gasteiger partial charge in [-0.15, -0.1) is 0 Å². The fourth-order valence-electron chi connectivity index (χ4n) is 2.65. The number of nitrogens with zero attached hydrogens (tertiary/aromatic N) is 4. The van der Waals surface area contributed by atoms with E-state index in [2.05, 4.69) is 15.1 Å². The summed E-state index contributed by atoms with van der Waals surface area (Å²) >= 11 is 0. The van der Waals surface area contributed by atoms with E-state index in [1.165, 1.54) is 11.3 Å². The number of carbonyl (C=O) groups excluding carboxylic acids is 1. The first-order valence-electron chi connectivity index (χ1n) is 7.05. The van der Waals surface area contributed by atoms with Crippen molar-refractivity contribution in [3.8, 4) is 0 Å². The zero-order chi connectivity index (χ0) is 15.5. The third-order valence-corrected chi connectivity index (χ3v) is 3.70. The first-order valence-corrected chi connectivity index (χ1v) is 7.05. The monoisotopic (exact) mass is 308 g/mol. The van der Waals surface area contributed by atoms with Crippen LogP contribution in [0.25, 0.3) is 0 Å². The third kappa shape index (κ3) is 2.81. The smallest absolute Gasteiger partial charge is 0.276 e. The molecule has 1 atom stereocenters. The predicted molar refractivity (Wildman–Crippen MR) is 70.7 cm³/mol. The van der Waals surface area contributed by atoms with Gasteiger partial charge in [-0.25, -0.2) is 13.8 Å². The van der Waals surface area contributed by atoms with E-state index in [1.54, 1.807) is 0 Å². The van der Waals surface area contributed by atoms with Crippen molar-refractivity contribution in [1.29, 1.82) is 0 Å². The second-order valence-electron chi connectivity index (χ2n) is 5.14. The number of hydrogen-bond donors (Lipinski definition) is 0. The van der Waals surface area contributed by atoms with Crippen LogP contribution in [0, 0.1) is 11.6 Å². The van der Waals surface area contributed by atoms with Crippen molar-refractivity contribution in [1.82, 2.24) is 20.0 Å². The molecule has 0 aliphatic carbocycles. The lowest BCUT2D eigenvalue weighted by atomic mass is 10.1. The van der Waals surface area contributed by atoms with Crippen molar-refractivity contribution in [3.63, 3.8) is 0 Å². The molecule has 0 unspecified atom stereocenters. The van der Waals surface area contributed by atoms with Gasteiger partial charge < -0.3 is 9.42 Å². The Balaban J connectivity index is 1.93. The van der Waals surface area contributed by atoms with Crippen molar-refractivity contribution in [2.24, 2.45) is 0 Å². The molecule has 2 aromatic rings. The molecule has 0 aromatic carbocycles. The molecule has 1 saturated heterocycles. The van der Waals surface area contributed by atoms with Gasteiger partial charge in [-0.2, -0.15) is 4.98 Å². The van der Waals surface area contributed by atoms with E-state index < -0.39 is 23.2 Å². The zero-order valence-electron chi connectivity index (χ0n) is 11.7. The minimum atomic E-state index is -0.971. The number of aromatic nitrogens is 3. The highest BCUT2D eigenvalue weighted by atomic mass is 19.1. The molecule has 1 amide bonds. The van der Waals surface area contributed by atoms with Crippen LogP contribution in [0.5, 0.6) is 0 Å². The van der Waals surface area contributed by atoms with E-state index in [0.29, 0.717) is 24.9 Å². The average Bonchev–Trinajstić information content (AvgIpc) is 2.91. The van der Waals surface area contributed by atoms with Crippen LogP contribution in [0.2, 0.25) is 0 Å². The Kier molecular flexibility index (Phi) is 4.08. The summed E-state index contributed by atoms with van der Waals surface area (Å²) in [4.78, 5) is 21.7. The summed E-state index contributed by atoms with van der Waals surface area (Å²) in [6.07, 6.45) is 5.34. The van der Waals surface area contributed by atoms with E-state index >= 15 is 0 Å². The number of likely N-dealkylation sites (tertiary alicyclic amines) is 1. The normalized spacial score (nSPS) is 19.0. The van der Waals surface area contributed by atoms with Crippen molar-refractivity contribution in [2.45, 2.75) is 31.7 Å². The minimum absolute atomic E-state index is 0.387. The van der Waals surface area contributed by atoms with E-state index in [-0.39, 0.29) is 6.04 Å². The predicted octanol–water partition coefficient (Wildman–Crippen LogP) is 2.50. The second kappa shape index (κ2) is 6.17. The summed E-state index contributed by atoms with van der Waals surface area (Å²) in [7, 11) is 0. The maximum atomic E-state index is 13.8. The molecular formula is C14H14F2N4O2. The Morgan fingerprint density at radius 1 is 1.27 bits per heavy atom. The van der Waals surface area contributed by atoms with Crippen molar-refractivity contribution >= 4 is 5.91 Å². The van der Waals surface area contributed by atoms with Crippen LogP contribution in [0.4, 0.5) is 8.78 Å². The van der Waals surface area contributed by atoms with Gasteiger partial charge >= 0.3 is 0 Å². The highest BCUT2D eigenvalue weighted by molar-refractivity contribution is 5.92. The Labute approximate surface area is 125 Å². The van der Waals surface area contributed by atoms with Gasteiger partial charge in [0.15, 0.2) is 17.3 Å². The largest absolute Gasteiger partial charge is 0.343 e. The lowest BCUT2D eigenvalue weighted by Gasteiger charge is -2.27. The number of amides is 1. The molecule has 0 saturated carbocycles. The van der Waals surface area contributed by atoms with Gasteiger partial charge in [0, 0.05) is 12.6 Å². The van der Waals surface area contributed by atoms with Crippen LogP contribution in [0.3, 0.4) is 0 Å². The van der Waals surface area contributed by atoms with Crippen molar-refractivity contribution < 1.29 is 18.1 Å². The molecule has 3 heterocycles. The minimum Gasteiger partial charge on any atom is -0.343 e. The Morgan fingerprint density at radius 2 is 2.14 bits per heavy atom. The van der Waals surface area contributed by atoms with E-state index in [9.17, 15) is 13.6 Å². The van der Waals surface area contributed by atoms with Crippen LogP contribution in [-0.2, 0) is 0 Å². The summed E-state index contributed by atoms with van der Waals surface area (Å²) < 4.78 is 31.5. The average molecular weight is 308 g/mol. The zero-order valence-corrected chi connectivity index (χ0v) is 11.7. The molecule has 1 aliphatic rings. The van der Waals surface area contributed by atoms with Crippen LogP contribution in [0.1, 0.15) is 48.0 Å². The fourth-order valence-corrected chi connectivity index (χ4v) is 2.65. The highest BCUT2D eigenvalue weighted by Gasteiger charge is 2.32. The first-order chi connectivity index (χ1) is 10.7. The summed E-state index contributed by atoms with van der Waals surface area (Å²) in [5.41, 5.74) is -0.392. The molecule has 22 heavy (non-hydrogen) atoms. The Morgan fingerprint density at radius 3 is 2.86 bits per heavy atom. The van der Waals surface area contributed by atoms with Crippen molar-refractivity contribution in [3.05, 3.63) is 41.8 Å². The number of carbonyl (C=O) groups is 1. The van der Waals surface area contributed by atoms with Gasteiger partial charge in [-0.05, 0) is 12.8 Å². The Hall–Kier alpha value is -2.38. The lowest BCUT2D eigenvalue weighted by molar-refractivity contribution is 0.0658. The lowest BCUT2D eigenvalue weighted by Crippen LogP contribution is -2.36. The molecule has 1 aliphatic heterocycles. The van der Waals surface area contributed by atoms with Gasteiger partial charge in [0.1, 0.15) is 5.82 Å². The molecule has 6 nitrogen and oxygen atoms in total. The maximum Gasteiger partial charge on any atom is 0.276 e. The number of halogens is 2. The van der Waals surface area contributed by atoms with Crippen LogP contribution < -0.4 is 0 Å². The van der Waals surface area contributed by atoms with Crippen LogP contribution in [-0.4, -0.2) is 32.5 Å². The molecule has 0 bridgehead atoms. The van der Waals surface area contributed by atoms with E-state index in [1.807, 2.05) is 0 Å². The number of rotatable bonds is 2. The summed E-state index contributed by atoms with van der Waals surface area (Å²) in [5, 5.41) is 3.79. The van der Waals surface area contributed by atoms with Gasteiger partial charge in [0.25, 0.3) is 5.91 Å². The molecular weight excluding hydrogens is 294 g/mol. The molecule has 0 radical (unpaired) electrons. The Bertz CT molecular complexity index is 663. The molecule has 3 rings (SSSR count). The molecule has 116 valence electrons. The van der Waals surface area contributed by atoms with Gasteiger partial charge in [-0.1, -0.05) is 18.0 Å². The highest BCUT2D eigenvalue weighted by Crippen LogP contribution is 2.29. The summed E-state index contributed by atoms with van der Waals surface area (Å²) in [6.45, 7) is 0.441. The summed E-state index contributed by atoms with van der Waals surface area (Å²) in [5.74, 6) is -1.99. The molecule has 8 heteroatoms. The molecule has 2 aromatic heterocycles. The van der Waals surface area contributed by atoms with Crippen molar-refractivity contribution in [2.75, 3.05) is 6.54 Å². The quantitative estimate of drug-likeness (QED) is 0.852. The van der Waals surface area contributed by atoms with Crippen LogP contribution in [0.15, 0.2) is 23.2 Å². The molecule has 1 fully saturated rings. The van der Waals surface area contributed by atoms with Gasteiger partial charge in [-0.3, -0.25) is 4.79 Å². The molecule has 0 N–H and O–H groups in total. The maximum absolute atomic E-state index is 13.8. The van der Waals surface area contributed by atoms with Gasteiger partial charge in [0.05, 0.1) is 12.2 Å². The van der Waals surface area contributed by atoms with E-state index in [0.717, 1.165) is 25.5 Å². The standard InChI is InChI=1S/C14H14F2N4O2/c15-9-6-10(16)12(17-7-9)14(21)20-5-3-1-2-4-11(20)13-18-8-22-19-13/h6-8,11H,1-5H2/t11-/m0/s1. The number of pyridine rings is 1. The first kappa shape index (κ1) is 14.6. The topological polar surface area (TPSA) is 72.1 Å². The third-order valence-electron chi connectivity index (χ3n) is 3.70. The fraction of sp³-hybridized carbons (Fsp3) is 0.429. The SMILES string of the molecule is O=C(c1ncc(F)cc1F)N1CCCCC[C@H]1c1ncon1. The van der Waals surface area contributed by atoms with Gasteiger partial charge in [0.2, 0.25) is 6.39 Å². The van der Waals surface area contributed by atoms with E-state index in [4.69, 9.17) is 4.52 Å². The second-order valence-corrected chi connectivity index (χ2v) is 5.14. The summed E-state index contributed by atoms with van der Waals surface area (Å²) in [6, 6.07) is 0.265. The van der Waals surface area contributed by atoms with Crippen LogP contribution >= 0.6 is 0 Å². The molecule has 0 spiro atoms. The number of hydrogen-bond acceptors (Lipinski definition) is 5.